The van der Waals surface area contributed by atoms with Crippen LogP contribution in [-0.2, 0) is 5.41 Å². The highest BCUT2D eigenvalue weighted by molar-refractivity contribution is 6.31. The molecule has 0 fully saturated rings. The number of anilines is 1. The van der Waals surface area contributed by atoms with E-state index in [2.05, 4.69) is 10.2 Å². The zero-order valence-electron chi connectivity index (χ0n) is 13.6. The number of aromatic hydroxyl groups is 1. The Bertz CT molecular complexity index is 752. The second kappa shape index (κ2) is 6.46. The standard InChI is InChI=1S/C17H20ClN3O2/c1-17(2,3)12-8-11(23-4)9-15(16(12)22)21-20-14-6-5-10(18)7-13(14)19/h5-9,22H,19H2,1-4H3. The van der Waals surface area contributed by atoms with E-state index in [0.717, 1.165) is 5.56 Å². The maximum atomic E-state index is 10.5. The summed E-state index contributed by atoms with van der Waals surface area (Å²) in [6.07, 6.45) is 0. The van der Waals surface area contributed by atoms with E-state index in [-0.39, 0.29) is 11.2 Å². The number of phenolic OH excluding ortho intramolecular Hbond substituents is 1. The Morgan fingerprint density at radius 2 is 1.74 bits per heavy atom. The van der Waals surface area contributed by atoms with Gasteiger partial charge in [0.15, 0.2) is 0 Å². The van der Waals surface area contributed by atoms with E-state index in [4.69, 9.17) is 22.1 Å². The zero-order valence-corrected chi connectivity index (χ0v) is 14.3. The molecule has 2 rings (SSSR count). The Kier molecular flexibility index (Phi) is 4.80. The average Bonchev–Trinajstić information content (AvgIpc) is 2.46. The number of rotatable bonds is 3. The highest BCUT2D eigenvalue weighted by Gasteiger charge is 2.22. The second-order valence-electron chi connectivity index (χ2n) is 6.20. The minimum absolute atomic E-state index is 0.0783. The van der Waals surface area contributed by atoms with Crippen LogP contribution in [-0.4, -0.2) is 12.2 Å². The van der Waals surface area contributed by atoms with Crippen LogP contribution in [0.5, 0.6) is 11.5 Å². The fourth-order valence-corrected chi connectivity index (χ4v) is 2.26. The van der Waals surface area contributed by atoms with Gasteiger partial charge in [0, 0.05) is 16.7 Å². The van der Waals surface area contributed by atoms with Gasteiger partial charge in [-0.05, 0) is 29.7 Å². The van der Waals surface area contributed by atoms with E-state index in [0.29, 0.717) is 27.8 Å². The molecule has 3 N–H and O–H groups in total. The molecule has 0 unspecified atom stereocenters. The molecule has 2 aromatic rings. The fourth-order valence-electron chi connectivity index (χ4n) is 2.08. The number of azo groups is 1. The number of hydrogen-bond acceptors (Lipinski definition) is 5. The first-order valence-electron chi connectivity index (χ1n) is 7.10. The van der Waals surface area contributed by atoms with E-state index in [1.165, 1.54) is 0 Å². The van der Waals surface area contributed by atoms with Crippen LogP contribution in [0.2, 0.25) is 5.02 Å². The zero-order chi connectivity index (χ0) is 17.2. The number of phenols is 1. The summed E-state index contributed by atoms with van der Waals surface area (Å²) in [5.41, 5.74) is 7.54. The molecule has 0 spiro atoms. The highest BCUT2D eigenvalue weighted by Crippen LogP contribution is 2.41. The number of halogens is 1. The predicted octanol–water partition coefficient (Wildman–Crippen LogP) is 5.35. The summed E-state index contributed by atoms with van der Waals surface area (Å²) in [6.45, 7) is 6.00. The topological polar surface area (TPSA) is 80.2 Å². The molecule has 0 aliphatic carbocycles. The van der Waals surface area contributed by atoms with Crippen LogP contribution < -0.4 is 10.5 Å². The lowest BCUT2D eigenvalue weighted by molar-refractivity contribution is 0.406. The summed E-state index contributed by atoms with van der Waals surface area (Å²) in [4.78, 5) is 0. The van der Waals surface area contributed by atoms with Crippen LogP contribution in [0.25, 0.3) is 0 Å². The lowest BCUT2D eigenvalue weighted by Crippen LogP contribution is -2.11. The summed E-state index contributed by atoms with van der Waals surface area (Å²) < 4.78 is 5.28. The fraction of sp³-hybridized carbons (Fsp3) is 0.294. The average molecular weight is 334 g/mol. The third kappa shape index (κ3) is 3.93. The number of nitrogens with two attached hydrogens (primary N) is 1. The number of hydrogen-bond donors (Lipinski definition) is 2. The molecule has 0 aliphatic rings. The Hall–Kier alpha value is -2.27. The van der Waals surface area contributed by atoms with Gasteiger partial charge in [-0.25, -0.2) is 0 Å². The second-order valence-corrected chi connectivity index (χ2v) is 6.63. The van der Waals surface area contributed by atoms with Crippen molar-refractivity contribution in [2.75, 3.05) is 12.8 Å². The van der Waals surface area contributed by atoms with Crippen LogP contribution in [0.1, 0.15) is 26.3 Å². The lowest BCUT2D eigenvalue weighted by Gasteiger charge is -2.21. The molecule has 2 aromatic carbocycles. The quantitative estimate of drug-likeness (QED) is 0.587. The Morgan fingerprint density at radius 1 is 1.09 bits per heavy atom. The van der Waals surface area contributed by atoms with Crippen molar-refractivity contribution in [1.82, 2.24) is 0 Å². The number of nitrogens with zero attached hydrogens (tertiary/aromatic N) is 2. The normalized spacial score (nSPS) is 11.9. The Balaban J connectivity index is 2.48. The van der Waals surface area contributed by atoms with Gasteiger partial charge in [0.1, 0.15) is 22.9 Å². The smallest absolute Gasteiger partial charge is 0.147 e. The molecule has 0 radical (unpaired) electrons. The molecule has 0 bridgehead atoms. The van der Waals surface area contributed by atoms with Gasteiger partial charge in [-0.2, -0.15) is 0 Å². The van der Waals surface area contributed by atoms with E-state index >= 15 is 0 Å². The molecule has 0 atom stereocenters. The SMILES string of the molecule is COc1cc(N=Nc2ccc(Cl)cc2N)c(O)c(C(C)(C)C)c1. The summed E-state index contributed by atoms with van der Waals surface area (Å²) >= 11 is 5.86. The van der Waals surface area contributed by atoms with Gasteiger partial charge in [-0.15, -0.1) is 10.2 Å². The summed E-state index contributed by atoms with van der Waals surface area (Å²) in [5, 5.41) is 19.2. The highest BCUT2D eigenvalue weighted by atomic mass is 35.5. The maximum Gasteiger partial charge on any atom is 0.147 e. The van der Waals surface area contributed by atoms with Crippen molar-refractivity contribution < 1.29 is 9.84 Å². The molecule has 23 heavy (non-hydrogen) atoms. The number of ether oxygens (including phenoxy) is 1. The molecule has 0 aliphatic heterocycles. The molecule has 122 valence electrons. The van der Waals surface area contributed by atoms with Crippen molar-refractivity contribution >= 4 is 28.7 Å². The molecular formula is C17H20ClN3O2. The van der Waals surface area contributed by atoms with E-state index in [1.807, 2.05) is 20.8 Å². The summed E-state index contributed by atoms with van der Waals surface area (Å²) in [5.74, 6) is 0.681. The molecule has 0 aromatic heterocycles. The van der Waals surface area contributed by atoms with Crippen molar-refractivity contribution in [2.45, 2.75) is 26.2 Å². The summed E-state index contributed by atoms with van der Waals surface area (Å²) in [6, 6.07) is 8.37. The Labute approximate surface area is 140 Å². The van der Waals surface area contributed by atoms with E-state index < -0.39 is 0 Å². The molecule has 5 nitrogen and oxygen atoms in total. The van der Waals surface area contributed by atoms with Gasteiger partial charge >= 0.3 is 0 Å². The van der Waals surface area contributed by atoms with Crippen LogP contribution in [0.4, 0.5) is 17.1 Å². The first-order chi connectivity index (χ1) is 10.7. The first-order valence-corrected chi connectivity index (χ1v) is 7.48. The number of methoxy groups -OCH3 is 1. The third-order valence-corrected chi connectivity index (χ3v) is 3.60. The van der Waals surface area contributed by atoms with Gasteiger partial charge in [0.05, 0.1) is 12.8 Å². The van der Waals surface area contributed by atoms with Gasteiger partial charge in [0.2, 0.25) is 0 Å². The van der Waals surface area contributed by atoms with E-state index in [1.54, 1.807) is 37.4 Å². The molecular weight excluding hydrogens is 314 g/mol. The minimum Gasteiger partial charge on any atom is -0.505 e. The largest absolute Gasteiger partial charge is 0.505 e. The molecule has 0 amide bonds. The van der Waals surface area contributed by atoms with Crippen LogP contribution >= 0.6 is 11.6 Å². The van der Waals surface area contributed by atoms with Crippen molar-refractivity contribution in [3.63, 3.8) is 0 Å². The van der Waals surface area contributed by atoms with Crippen molar-refractivity contribution in [1.29, 1.82) is 0 Å². The Morgan fingerprint density at radius 3 is 2.30 bits per heavy atom. The molecule has 0 saturated carbocycles. The lowest BCUT2D eigenvalue weighted by atomic mass is 9.86. The predicted molar refractivity (Wildman–Crippen MR) is 93.4 cm³/mol. The van der Waals surface area contributed by atoms with Crippen molar-refractivity contribution in [3.05, 3.63) is 40.9 Å². The molecule has 6 heteroatoms. The van der Waals surface area contributed by atoms with E-state index in [9.17, 15) is 5.11 Å². The van der Waals surface area contributed by atoms with Crippen LogP contribution in [0.15, 0.2) is 40.6 Å². The van der Waals surface area contributed by atoms with Gasteiger partial charge in [0.25, 0.3) is 0 Å². The number of nitrogen functional groups attached to an aromatic ring is 1. The molecule has 0 heterocycles. The third-order valence-electron chi connectivity index (χ3n) is 3.36. The van der Waals surface area contributed by atoms with Crippen molar-refractivity contribution in [2.24, 2.45) is 10.2 Å². The van der Waals surface area contributed by atoms with Gasteiger partial charge in [-0.1, -0.05) is 32.4 Å². The summed E-state index contributed by atoms with van der Waals surface area (Å²) in [7, 11) is 1.57. The number of benzene rings is 2. The monoisotopic (exact) mass is 333 g/mol. The van der Waals surface area contributed by atoms with Crippen molar-refractivity contribution in [3.8, 4) is 11.5 Å². The van der Waals surface area contributed by atoms with Crippen LogP contribution in [0.3, 0.4) is 0 Å². The van der Waals surface area contributed by atoms with Gasteiger partial charge in [-0.3, -0.25) is 0 Å². The molecule has 0 saturated heterocycles. The van der Waals surface area contributed by atoms with Gasteiger partial charge < -0.3 is 15.6 Å². The first kappa shape index (κ1) is 17.1. The van der Waals surface area contributed by atoms with Crippen LogP contribution in [0, 0.1) is 0 Å². The maximum absolute atomic E-state index is 10.5. The minimum atomic E-state index is -0.262.